The number of hydrogen-bond donors (Lipinski definition) is 1. The third-order valence-corrected chi connectivity index (χ3v) is 5.08. The molecule has 3 nitrogen and oxygen atoms in total. The van der Waals surface area contributed by atoms with Crippen molar-refractivity contribution in [2.75, 3.05) is 11.9 Å². The van der Waals surface area contributed by atoms with Crippen molar-refractivity contribution in [2.24, 2.45) is 5.41 Å². The molecule has 0 atom stereocenters. The Bertz CT molecular complexity index is 788. The lowest BCUT2D eigenvalue weighted by Gasteiger charge is -2.24. The van der Waals surface area contributed by atoms with Gasteiger partial charge in [0.1, 0.15) is 5.75 Å². The molecule has 0 bridgehead atoms. The van der Waals surface area contributed by atoms with Crippen LogP contribution in [0.3, 0.4) is 0 Å². The topological polar surface area (TPSA) is 38.3 Å². The SMILES string of the molecule is Cc1ccc(C)c(OCCCC(C)(C)C(=O)Nc2ccc(Cl)c(Cl)c2)c1. The van der Waals surface area contributed by atoms with Crippen molar-refractivity contribution in [1.82, 2.24) is 0 Å². The molecule has 0 aliphatic carbocycles. The molecular weight excluding hydrogens is 369 g/mol. The predicted molar refractivity (Wildman–Crippen MR) is 110 cm³/mol. The molecule has 0 heterocycles. The molecule has 0 fully saturated rings. The summed E-state index contributed by atoms with van der Waals surface area (Å²) in [7, 11) is 0. The summed E-state index contributed by atoms with van der Waals surface area (Å²) >= 11 is 11.9. The molecule has 5 heteroatoms. The highest BCUT2D eigenvalue weighted by Crippen LogP contribution is 2.28. The Morgan fingerprint density at radius 3 is 2.50 bits per heavy atom. The van der Waals surface area contributed by atoms with Gasteiger partial charge in [-0.1, -0.05) is 49.2 Å². The summed E-state index contributed by atoms with van der Waals surface area (Å²) in [5.41, 5.74) is 2.42. The fourth-order valence-corrected chi connectivity index (χ4v) is 2.84. The zero-order valence-corrected chi connectivity index (χ0v) is 17.2. The monoisotopic (exact) mass is 393 g/mol. The Kier molecular flexibility index (Phi) is 6.96. The smallest absolute Gasteiger partial charge is 0.230 e. The predicted octanol–water partition coefficient (Wildman–Crippen LogP) is 6.43. The highest BCUT2D eigenvalue weighted by molar-refractivity contribution is 6.42. The zero-order chi connectivity index (χ0) is 19.3. The molecule has 1 N–H and O–H groups in total. The number of carbonyl (C=O) groups excluding carboxylic acids is 1. The molecule has 26 heavy (non-hydrogen) atoms. The lowest BCUT2D eigenvalue weighted by Crippen LogP contribution is -2.31. The number of anilines is 1. The number of halogens is 2. The van der Waals surface area contributed by atoms with E-state index in [1.807, 2.05) is 33.8 Å². The summed E-state index contributed by atoms with van der Waals surface area (Å²) in [6.45, 7) is 8.51. The van der Waals surface area contributed by atoms with E-state index in [0.717, 1.165) is 17.7 Å². The van der Waals surface area contributed by atoms with Crippen LogP contribution in [0.1, 0.15) is 37.8 Å². The molecule has 0 aromatic heterocycles. The van der Waals surface area contributed by atoms with Crippen molar-refractivity contribution >= 4 is 34.8 Å². The summed E-state index contributed by atoms with van der Waals surface area (Å²) in [4.78, 5) is 12.6. The Labute approximate surface area is 165 Å². The van der Waals surface area contributed by atoms with Crippen LogP contribution in [0.4, 0.5) is 5.69 Å². The van der Waals surface area contributed by atoms with Crippen LogP contribution in [-0.4, -0.2) is 12.5 Å². The first kappa shape index (κ1) is 20.6. The second kappa shape index (κ2) is 8.79. The Hall–Kier alpha value is -1.71. The van der Waals surface area contributed by atoms with Crippen LogP contribution in [0.25, 0.3) is 0 Å². The number of amides is 1. The van der Waals surface area contributed by atoms with E-state index in [4.69, 9.17) is 27.9 Å². The lowest BCUT2D eigenvalue weighted by atomic mass is 9.87. The average molecular weight is 394 g/mol. The van der Waals surface area contributed by atoms with E-state index in [2.05, 4.69) is 17.4 Å². The van der Waals surface area contributed by atoms with Gasteiger partial charge in [-0.25, -0.2) is 0 Å². The third kappa shape index (κ3) is 5.65. The quantitative estimate of drug-likeness (QED) is 0.549. The number of nitrogens with one attached hydrogen (secondary N) is 1. The van der Waals surface area contributed by atoms with Gasteiger partial charge in [-0.15, -0.1) is 0 Å². The van der Waals surface area contributed by atoms with Gasteiger partial charge in [0.05, 0.1) is 16.7 Å². The Morgan fingerprint density at radius 1 is 1.08 bits per heavy atom. The van der Waals surface area contributed by atoms with Gasteiger partial charge >= 0.3 is 0 Å². The highest BCUT2D eigenvalue weighted by atomic mass is 35.5. The van der Waals surface area contributed by atoms with Gasteiger partial charge in [0.25, 0.3) is 0 Å². The van der Waals surface area contributed by atoms with Gasteiger partial charge in [-0.05, 0) is 62.1 Å². The fourth-order valence-electron chi connectivity index (χ4n) is 2.55. The van der Waals surface area contributed by atoms with E-state index in [0.29, 0.717) is 28.8 Å². The fraction of sp³-hybridized carbons (Fsp3) is 0.381. The van der Waals surface area contributed by atoms with Gasteiger partial charge in [-0.2, -0.15) is 0 Å². The van der Waals surface area contributed by atoms with E-state index in [-0.39, 0.29) is 5.91 Å². The standard InChI is InChI=1S/C21H25Cl2NO2/c1-14-6-7-15(2)19(12-14)26-11-5-10-21(3,4)20(25)24-16-8-9-17(22)18(23)13-16/h6-9,12-13H,5,10-11H2,1-4H3,(H,24,25). The molecule has 1 amide bonds. The Balaban J connectivity index is 1.86. The first-order valence-corrected chi connectivity index (χ1v) is 9.41. The van der Waals surface area contributed by atoms with Gasteiger partial charge in [-0.3, -0.25) is 4.79 Å². The lowest BCUT2D eigenvalue weighted by molar-refractivity contribution is -0.124. The molecule has 0 saturated carbocycles. The van der Waals surface area contributed by atoms with E-state index >= 15 is 0 Å². The Morgan fingerprint density at radius 2 is 1.81 bits per heavy atom. The van der Waals surface area contributed by atoms with E-state index < -0.39 is 5.41 Å². The molecule has 0 unspecified atom stereocenters. The molecule has 0 radical (unpaired) electrons. The molecule has 2 aromatic carbocycles. The largest absolute Gasteiger partial charge is 0.493 e. The van der Waals surface area contributed by atoms with E-state index in [9.17, 15) is 4.79 Å². The second-order valence-electron chi connectivity index (χ2n) is 7.19. The summed E-state index contributed by atoms with van der Waals surface area (Å²) < 4.78 is 5.88. The van der Waals surface area contributed by atoms with Crippen LogP contribution < -0.4 is 10.1 Å². The van der Waals surface area contributed by atoms with Crippen LogP contribution in [0, 0.1) is 19.3 Å². The van der Waals surface area contributed by atoms with Gasteiger partial charge in [0.2, 0.25) is 5.91 Å². The molecule has 0 spiro atoms. The minimum Gasteiger partial charge on any atom is -0.493 e. The molecule has 0 aliphatic rings. The maximum absolute atomic E-state index is 12.6. The summed E-state index contributed by atoms with van der Waals surface area (Å²) in [6, 6.07) is 11.2. The minimum atomic E-state index is -0.517. The number of hydrogen-bond acceptors (Lipinski definition) is 2. The van der Waals surface area contributed by atoms with E-state index in [1.54, 1.807) is 18.2 Å². The van der Waals surface area contributed by atoms with Crippen LogP contribution in [0.2, 0.25) is 10.0 Å². The summed E-state index contributed by atoms with van der Waals surface area (Å²) in [6.07, 6.45) is 1.50. The van der Waals surface area contributed by atoms with Crippen LogP contribution in [0.5, 0.6) is 5.75 Å². The molecule has 0 aliphatic heterocycles. The molecule has 140 valence electrons. The van der Waals surface area contributed by atoms with Gasteiger partial charge in [0, 0.05) is 11.1 Å². The minimum absolute atomic E-state index is 0.0531. The first-order chi connectivity index (χ1) is 12.2. The first-order valence-electron chi connectivity index (χ1n) is 8.65. The average Bonchev–Trinajstić information content (AvgIpc) is 2.58. The normalized spacial score (nSPS) is 11.3. The summed E-state index contributed by atoms with van der Waals surface area (Å²) in [5.74, 6) is 0.852. The molecular formula is C21H25Cl2NO2. The van der Waals surface area contributed by atoms with Crippen molar-refractivity contribution in [3.63, 3.8) is 0 Å². The second-order valence-corrected chi connectivity index (χ2v) is 8.00. The molecule has 2 rings (SSSR count). The maximum atomic E-state index is 12.6. The van der Waals surface area contributed by atoms with Crippen molar-refractivity contribution in [2.45, 2.75) is 40.5 Å². The molecule has 0 saturated heterocycles. The number of ether oxygens (including phenoxy) is 1. The van der Waals surface area contributed by atoms with Crippen molar-refractivity contribution in [3.8, 4) is 5.75 Å². The van der Waals surface area contributed by atoms with Crippen molar-refractivity contribution in [3.05, 3.63) is 57.6 Å². The van der Waals surface area contributed by atoms with Crippen LogP contribution in [0.15, 0.2) is 36.4 Å². The highest BCUT2D eigenvalue weighted by Gasteiger charge is 2.27. The van der Waals surface area contributed by atoms with Crippen molar-refractivity contribution < 1.29 is 9.53 Å². The third-order valence-electron chi connectivity index (χ3n) is 4.34. The molecule has 2 aromatic rings. The summed E-state index contributed by atoms with van der Waals surface area (Å²) in [5, 5.41) is 3.79. The number of rotatable bonds is 7. The van der Waals surface area contributed by atoms with Crippen molar-refractivity contribution in [1.29, 1.82) is 0 Å². The number of carbonyl (C=O) groups is 1. The van der Waals surface area contributed by atoms with Gasteiger partial charge < -0.3 is 10.1 Å². The number of aryl methyl sites for hydroxylation is 2. The number of benzene rings is 2. The zero-order valence-electron chi connectivity index (χ0n) is 15.7. The van der Waals surface area contributed by atoms with Crippen LogP contribution >= 0.6 is 23.2 Å². The van der Waals surface area contributed by atoms with E-state index in [1.165, 1.54) is 5.56 Å². The van der Waals surface area contributed by atoms with Gasteiger partial charge in [0.15, 0.2) is 0 Å². The van der Waals surface area contributed by atoms with Crippen LogP contribution in [-0.2, 0) is 4.79 Å². The maximum Gasteiger partial charge on any atom is 0.230 e.